The smallest absolute Gasteiger partial charge is 0.325 e. The van der Waals surface area contributed by atoms with E-state index in [1.54, 1.807) is 13.8 Å². The number of hydrogen-bond donors (Lipinski definition) is 2. The van der Waals surface area contributed by atoms with Crippen molar-refractivity contribution in [3.63, 3.8) is 0 Å². The number of rotatable bonds is 4. The minimum Gasteiger partial charge on any atom is -0.354 e. The van der Waals surface area contributed by atoms with E-state index in [-0.39, 0.29) is 19.5 Å². The van der Waals surface area contributed by atoms with E-state index in [1.165, 1.54) is 0 Å². The van der Waals surface area contributed by atoms with Crippen molar-refractivity contribution >= 4 is 17.8 Å². The van der Waals surface area contributed by atoms with Gasteiger partial charge in [0.25, 0.3) is 5.91 Å². The molecule has 2 N–H and O–H groups in total. The van der Waals surface area contributed by atoms with Crippen LogP contribution in [0.1, 0.15) is 20.3 Å². The number of carbonyl (C=O) groups is 3. The number of nitriles is 1. The summed E-state index contributed by atoms with van der Waals surface area (Å²) in [6.07, 6.45) is 0.209. The lowest BCUT2D eigenvalue weighted by Gasteiger charge is -2.27. The predicted molar refractivity (Wildman–Crippen MR) is 57.6 cm³/mol. The van der Waals surface area contributed by atoms with Gasteiger partial charge in [0, 0.05) is 6.54 Å². The van der Waals surface area contributed by atoms with Crippen molar-refractivity contribution in [1.29, 1.82) is 5.26 Å². The summed E-state index contributed by atoms with van der Waals surface area (Å²) in [5, 5.41) is 12.9. The van der Waals surface area contributed by atoms with Crippen LogP contribution in [0.4, 0.5) is 4.79 Å². The van der Waals surface area contributed by atoms with Gasteiger partial charge in [0.05, 0.1) is 12.5 Å². The fraction of sp³-hybridized carbons (Fsp3) is 0.600. The van der Waals surface area contributed by atoms with Crippen molar-refractivity contribution in [1.82, 2.24) is 15.5 Å². The van der Waals surface area contributed by atoms with Gasteiger partial charge in [-0.2, -0.15) is 5.26 Å². The SMILES string of the molecule is CC1(C)C(=O)NC(=O)N1CC(=O)NCCC#N. The lowest BCUT2D eigenvalue weighted by atomic mass is 10.0. The van der Waals surface area contributed by atoms with E-state index in [0.29, 0.717) is 0 Å². The Hall–Kier alpha value is -2.10. The van der Waals surface area contributed by atoms with Gasteiger partial charge in [-0.25, -0.2) is 4.79 Å². The van der Waals surface area contributed by atoms with Crippen molar-refractivity contribution < 1.29 is 14.4 Å². The first-order valence-corrected chi connectivity index (χ1v) is 5.16. The first kappa shape index (κ1) is 13.0. The molecule has 4 amide bonds. The van der Waals surface area contributed by atoms with E-state index < -0.39 is 23.4 Å². The van der Waals surface area contributed by atoms with Gasteiger partial charge in [0.15, 0.2) is 0 Å². The lowest BCUT2D eigenvalue weighted by Crippen LogP contribution is -2.49. The Morgan fingerprint density at radius 2 is 2.18 bits per heavy atom. The Morgan fingerprint density at radius 3 is 2.65 bits per heavy atom. The molecule has 7 nitrogen and oxygen atoms in total. The fourth-order valence-corrected chi connectivity index (χ4v) is 1.42. The third kappa shape index (κ3) is 2.72. The van der Waals surface area contributed by atoms with Gasteiger partial charge in [-0.05, 0) is 13.8 Å². The van der Waals surface area contributed by atoms with Crippen LogP contribution in [0.25, 0.3) is 0 Å². The van der Waals surface area contributed by atoms with Crippen LogP contribution in [-0.4, -0.2) is 41.4 Å². The highest BCUT2D eigenvalue weighted by Crippen LogP contribution is 2.19. The summed E-state index contributed by atoms with van der Waals surface area (Å²) in [5.41, 5.74) is -1.02. The van der Waals surface area contributed by atoms with Crippen molar-refractivity contribution in [3.8, 4) is 6.07 Å². The monoisotopic (exact) mass is 238 g/mol. The molecule has 0 aromatic rings. The summed E-state index contributed by atoms with van der Waals surface area (Å²) < 4.78 is 0. The molecule has 1 rings (SSSR count). The van der Waals surface area contributed by atoms with Crippen molar-refractivity contribution in [2.45, 2.75) is 25.8 Å². The van der Waals surface area contributed by atoms with E-state index in [4.69, 9.17) is 5.26 Å². The fourth-order valence-electron chi connectivity index (χ4n) is 1.42. The zero-order valence-electron chi connectivity index (χ0n) is 9.74. The molecule has 0 saturated carbocycles. The van der Waals surface area contributed by atoms with E-state index in [9.17, 15) is 14.4 Å². The Bertz CT molecular complexity index is 397. The topological polar surface area (TPSA) is 102 Å². The Kier molecular flexibility index (Phi) is 3.68. The molecule has 0 unspecified atom stereocenters. The van der Waals surface area contributed by atoms with Crippen LogP contribution in [-0.2, 0) is 9.59 Å². The molecule has 0 bridgehead atoms. The Balaban J connectivity index is 2.57. The van der Waals surface area contributed by atoms with Crippen LogP contribution < -0.4 is 10.6 Å². The molecule has 92 valence electrons. The summed E-state index contributed by atoms with van der Waals surface area (Å²) >= 11 is 0. The molecule has 0 atom stereocenters. The minimum absolute atomic E-state index is 0.198. The average molecular weight is 238 g/mol. The summed E-state index contributed by atoms with van der Waals surface area (Å²) in [5.74, 6) is -0.814. The van der Waals surface area contributed by atoms with Gasteiger partial charge < -0.3 is 10.2 Å². The molecular weight excluding hydrogens is 224 g/mol. The highest BCUT2D eigenvalue weighted by atomic mass is 16.2. The van der Waals surface area contributed by atoms with Gasteiger partial charge in [-0.15, -0.1) is 0 Å². The normalized spacial score (nSPS) is 17.6. The van der Waals surface area contributed by atoms with Crippen LogP contribution in [0.3, 0.4) is 0 Å². The second-order valence-electron chi connectivity index (χ2n) is 4.16. The number of hydrogen-bond acceptors (Lipinski definition) is 4. The van der Waals surface area contributed by atoms with Crippen molar-refractivity contribution in [2.24, 2.45) is 0 Å². The lowest BCUT2D eigenvalue weighted by molar-refractivity contribution is -0.127. The summed E-state index contributed by atoms with van der Waals surface area (Å²) in [6.45, 7) is 3.17. The van der Waals surface area contributed by atoms with E-state index in [1.807, 2.05) is 6.07 Å². The maximum atomic E-state index is 11.5. The Labute approximate surface area is 98.8 Å². The van der Waals surface area contributed by atoms with Crippen molar-refractivity contribution in [2.75, 3.05) is 13.1 Å². The third-order valence-corrected chi connectivity index (χ3v) is 2.56. The second-order valence-corrected chi connectivity index (χ2v) is 4.16. The van der Waals surface area contributed by atoms with E-state index in [0.717, 1.165) is 4.90 Å². The Morgan fingerprint density at radius 1 is 1.53 bits per heavy atom. The van der Waals surface area contributed by atoms with Crippen molar-refractivity contribution in [3.05, 3.63) is 0 Å². The zero-order chi connectivity index (χ0) is 13.1. The maximum absolute atomic E-state index is 11.5. The van der Waals surface area contributed by atoms with Crippen LogP contribution >= 0.6 is 0 Å². The largest absolute Gasteiger partial charge is 0.354 e. The van der Waals surface area contributed by atoms with E-state index >= 15 is 0 Å². The molecule has 1 saturated heterocycles. The van der Waals surface area contributed by atoms with Crippen LogP contribution in [0.15, 0.2) is 0 Å². The van der Waals surface area contributed by atoms with Gasteiger partial charge in [0.1, 0.15) is 12.1 Å². The van der Waals surface area contributed by atoms with Gasteiger partial charge in [-0.1, -0.05) is 0 Å². The zero-order valence-corrected chi connectivity index (χ0v) is 9.74. The van der Waals surface area contributed by atoms with Gasteiger partial charge in [-0.3, -0.25) is 14.9 Å². The molecule has 0 aromatic heterocycles. The molecule has 0 spiro atoms. The number of carbonyl (C=O) groups excluding carboxylic acids is 3. The van der Waals surface area contributed by atoms with Gasteiger partial charge >= 0.3 is 6.03 Å². The standard InChI is InChI=1S/C10H14N4O3/c1-10(2)8(16)13-9(17)14(10)6-7(15)12-5-3-4-11/h3,5-6H2,1-2H3,(H,12,15)(H,13,16,17). The highest BCUT2D eigenvalue weighted by Gasteiger charge is 2.46. The minimum atomic E-state index is -1.02. The first-order chi connectivity index (χ1) is 7.89. The molecule has 1 heterocycles. The molecule has 1 aliphatic rings. The predicted octanol–water partition coefficient (Wildman–Crippen LogP) is -0.653. The summed E-state index contributed by atoms with van der Waals surface area (Å²) in [7, 11) is 0. The highest BCUT2D eigenvalue weighted by molar-refractivity contribution is 6.07. The van der Waals surface area contributed by atoms with Gasteiger partial charge in [0.2, 0.25) is 5.91 Å². The van der Waals surface area contributed by atoms with E-state index in [2.05, 4.69) is 10.6 Å². The molecule has 0 aliphatic carbocycles. The molecule has 7 heteroatoms. The van der Waals surface area contributed by atoms with Crippen LogP contribution in [0.2, 0.25) is 0 Å². The molecule has 17 heavy (non-hydrogen) atoms. The number of imide groups is 1. The molecule has 0 radical (unpaired) electrons. The van der Waals surface area contributed by atoms with Crippen LogP contribution in [0.5, 0.6) is 0 Å². The average Bonchev–Trinajstić information content (AvgIpc) is 2.42. The summed E-state index contributed by atoms with van der Waals surface area (Å²) in [4.78, 5) is 35.5. The third-order valence-electron chi connectivity index (χ3n) is 2.56. The molecule has 0 aromatic carbocycles. The second kappa shape index (κ2) is 4.82. The maximum Gasteiger partial charge on any atom is 0.325 e. The molecule has 1 fully saturated rings. The number of amides is 4. The first-order valence-electron chi connectivity index (χ1n) is 5.16. The molecule has 1 aliphatic heterocycles. The molecular formula is C10H14N4O3. The number of urea groups is 1. The van der Waals surface area contributed by atoms with Crippen LogP contribution in [0, 0.1) is 11.3 Å². The number of nitrogens with zero attached hydrogens (tertiary/aromatic N) is 2. The number of nitrogens with one attached hydrogen (secondary N) is 2. The summed E-state index contributed by atoms with van der Waals surface area (Å²) in [6, 6.07) is 1.31. The quantitative estimate of drug-likeness (QED) is 0.501.